The van der Waals surface area contributed by atoms with Gasteiger partial charge in [0.05, 0.1) is 17.1 Å². The van der Waals surface area contributed by atoms with E-state index in [0.29, 0.717) is 34.1 Å². The quantitative estimate of drug-likeness (QED) is 0.180. The minimum atomic E-state index is -4.75. The van der Waals surface area contributed by atoms with E-state index in [2.05, 4.69) is 64.1 Å². The Balaban J connectivity index is 1.19. The van der Waals surface area contributed by atoms with Crippen molar-refractivity contribution >= 4 is 51.9 Å². The third-order valence-corrected chi connectivity index (χ3v) is 8.33. The zero-order valence-electron chi connectivity index (χ0n) is 26.2. The molecule has 1 aliphatic heterocycles. The van der Waals surface area contributed by atoms with Crippen LogP contribution in [0, 0.1) is 12.8 Å². The first kappa shape index (κ1) is 33.9. The molecule has 2 heterocycles. The molecule has 1 amide bonds. The fraction of sp³-hybridized carbons (Fsp3) is 0.265. The number of aliphatic imine (C=N–C) groups is 1. The van der Waals surface area contributed by atoms with Crippen LogP contribution < -0.4 is 15.0 Å². The lowest BCUT2D eigenvalue weighted by atomic mass is 9.99. The molecule has 0 saturated carbocycles. The monoisotopic (exact) mass is 678 g/mol. The summed E-state index contributed by atoms with van der Waals surface area (Å²) in [4.78, 5) is 23.5. The Kier molecular flexibility index (Phi) is 10.5. The molecular formula is C34H33F3N6O2S2. The van der Waals surface area contributed by atoms with Crippen molar-refractivity contribution in [1.29, 1.82) is 0 Å². The highest BCUT2D eigenvalue weighted by Crippen LogP contribution is 2.34. The maximum Gasteiger partial charge on any atom is 0.573 e. The van der Waals surface area contributed by atoms with Crippen LogP contribution in [-0.2, 0) is 4.79 Å². The first-order chi connectivity index (χ1) is 22.4. The van der Waals surface area contributed by atoms with Crippen molar-refractivity contribution in [3.8, 4) is 22.8 Å². The molecule has 4 aromatic rings. The maximum atomic E-state index is 12.9. The van der Waals surface area contributed by atoms with Crippen molar-refractivity contribution in [3.63, 3.8) is 0 Å². The number of aromatic nitrogens is 3. The number of benzene rings is 3. The lowest BCUT2D eigenvalue weighted by Gasteiger charge is -2.22. The summed E-state index contributed by atoms with van der Waals surface area (Å²) in [5.74, 6) is 0.811. The molecule has 5 rings (SSSR count). The van der Waals surface area contributed by atoms with Gasteiger partial charge < -0.3 is 10.1 Å². The van der Waals surface area contributed by atoms with Gasteiger partial charge in [0.15, 0.2) is 16.1 Å². The van der Waals surface area contributed by atoms with Crippen LogP contribution in [-0.4, -0.2) is 49.6 Å². The Labute approximate surface area is 280 Å². The molecule has 3 aromatic carbocycles. The molecule has 0 radical (unpaired) electrons. The highest BCUT2D eigenvalue weighted by molar-refractivity contribution is 8.15. The predicted octanol–water partition coefficient (Wildman–Crippen LogP) is 7.92. The summed E-state index contributed by atoms with van der Waals surface area (Å²) in [5.41, 5.74) is 5.27. The summed E-state index contributed by atoms with van der Waals surface area (Å²) < 4.78 is 42.8. The number of thiocarbonyl (C=S) groups is 1. The number of rotatable bonds is 9. The van der Waals surface area contributed by atoms with E-state index in [9.17, 15) is 18.0 Å². The molecule has 0 spiro atoms. The number of nitrogens with one attached hydrogen (secondary N) is 1. The van der Waals surface area contributed by atoms with E-state index in [1.54, 1.807) is 4.90 Å². The Morgan fingerprint density at radius 1 is 1.13 bits per heavy atom. The molecule has 1 aromatic heterocycles. The lowest BCUT2D eigenvalue weighted by Crippen LogP contribution is -2.33. The number of amides is 1. The molecule has 0 bridgehead atoms. The number of alkyl halides is 3. The number of hydrogen-bond acceptors (Lipinski definition) is 6. The standard InChI is InChI=1S/C34H33F3N6O2S2/c1-21(2)28-15-9-22(3)16-29(28)43-30(44)19-47-33(43)40-32(46)38-18-23(4)8-10-24-6-5-7-25(17-24)31-39-20-42(41-31)26-11-13-27(14-12-26)45-34(35,36)37/h5-17,20-21,23H,18-19H2,1-4H3,(H,38,46)/b10-8+,40-33-. The van der Waals surface area contributed by atoms with E-state index in [4.69, 9.17) is 12.2 Å². The number of aryl methyl sites for hydroxylation is 1. The van der Waals surface area contributed by atoms with Gasteiger partial charge in [0, 0.05) is 12.1 Å². The van der Waals surface area contributed by atoms with Crippen molar-refractivity contribution in [2.24, 2.45) is 10.9 Å². The number of carbonyl (C=O) groups is 1. The van der Waals surface area contributed by atoms with Crippen LogP contribution in [0.5, 0.6) is 5.75 Å². The number of anilines is 1. The molecule has 13 heteroatoms. The van der Waals surface area contributed by atoms with Gasteiger partial charge in [-0.25, -0.2) is 9.67 Å². The molecule has 0 aliphatic carbocycles. The average molecular weight is 679 g/mol. The van der Waals surface area contributed by atoms with Crippen LogP contribution >= 0.6 is 24.0 Å². The summed E-state index contributed by atoms with van der Waals surface area (Å²) >= 11 is 6.92. The van der Waals surface area contributed by atoms with Gasteiger partial charge in [-0.1, -0.05) is 75.0 Å². The van der Waals surface area contributed by atoms with E-state index in [0.717, 1.165) is 27.9 Å². The average Bonchev–Trinajstić information content (AvgIpc) is 3.65. The summed E-state index contributed by atoms with van der Waals surface area (Å²) in [5, 5.41) is 8.58. The van der Waals surface area contributed by atoms with Gasteiger partial charge in [-0.05, 0) is 84.1 Å². The van der Waals surface area contributed by atoms with E-state index < -0.39 is 6.36 Å². The molecular weight excluding hydrogens is 646 g/mol. The molecule has 1 unspecified atom stereocenters. The zero-order chi connectivity index (χ0) is 33.7. The van der Waals surface area contributed by atoms with Crippen molar-refractivity contribution in [2.45, 2.75) is 40.0 Å². The van der Waals surface area contributed by atoms with Gasteiger partial charge in [-0.15, -0.1) is 18.3 Å². The summed E-state index contributed by atoms with van der Waals surface area (Å²) in [6, 6.07) is 19.2. The van der Waals surface area contributed by atoms with Crippen molar-refractivity contribution in [3.05, 3.63) is 95.8 Å². The molecule has 1 aliphatic rings. The van der Waals surface area contributed by atoms with E-state index in [1.807, 2.05) is 43.3 Å². The molecule has 1 saturated heterocycles. The smallest absolute Gasteiger partial charge is 0.406 e. The number of thioether (sulfide) groups is 1. The number of ether oxygens (including phenoxy) is 1. The lowest BCUT2D eigenvalue weighted by molar-refractivity contribution is -0.274. The van der Waals surface area contributed by atoms with Crippen LogP contribution in [0.4, 0.5) is 18.9 Å². The fourth-order valence-corrected chi connectivity index (χ4v) is 5.93. The Bertz CT molecular complexity index is 1820. The summed E-state index contributed by atoms with van der Waals surface area (Å²) in [6.07, 6.45) is 0.803. The Hall–Kier alpha value is -4.49. The largest absolute Gasteiger partial charge is 0.573 e. The van der Waals surface area contributed by atoms with Crippen LogP contribution in [0.2, 0.25) is 0 Å². The molecule has 1 fully saturated rings. The minimum absolute atomic E-state index is 0.0156. The highest BCUT2D eigenvalue weighted by atomic mass is 32.2. The van der Waals surface area contributed by atoms with Crippen LogP contribution in [0.15, 0.2) is 84.1 Å². The topological polar surface area (TPSA) is 84.6 Å². The van der Waals surface area contributed by atoms with Crippen LogP contribution in [0.3, 0.4) is 0 Å². The SMILES string of the molecule is Cc1ccc(C(C)C)c(N2C(=O)CS/C2=N\C(=S)NCC(C)/C=C/c2cccc(-c3ncn(-c4ccc(OC(F)(F)F)cc4)n3)c2)c1. The summed E-state index contributed by atoms with van der Waals surface area (Å²) in [6.45, 7) is 8.82. The first-order valence-corrected chi connectivity index (χ1v) is 16.2. The molecule has 1 atom stereocenters. The van der Waals surface area contributed by atoms with Gasteiger partial charge in [-0.2, -0.15) is 4.99 Å². The maximum absolute atomic E-state index is 12.9. The Morgan fingerprint density at radius 2 is 1.89 bits per heavy atom. The molecule has 244 valence electrons. The van der Waals surface area contributed by atoms with Gasteiger partial charge in [0.1, 0.15) is 12.1 Å². The normalized spacial score (nSPS) is 15.2. The fourth-order valence-electron chi connectivity index (χ4n) is 4.84. The number of hydrogen-bond donors (Lipinski definition) is 1. The minimum Gasteiger partial charge on any atom is -0.406 e. The number of amidine groups is 1. The van der Waals surface area contributed by atoms with Gasteiger partial charge in [0.2, 0.25) is 5.91 Å². The van der Waals surface area contributed by atoms with Crippen molar-refractivity contribution in [2.75, 3.05) is 17.2 Å². The van der Waals surface area contributed by atoms with Crippen molar-refractivity contribution in [1.82, 2.24) is 20.1 Å². The highest BCUT2D eigenvalue weighted by Gasteiger charge is 2.32. The number of nitrogens with zero attached hydrogens (tertiary/aromatic N) is 5. The Morgan fingerprint density at radius 3 is 2.62 bits per heavy atom. The van der Waals surface area contributed by atoms with E-state index >= 15 is 0 Å². The number of carbonyl (C=O) groups excluding carboxylic acids is 1. The van der Waals surface area contributed by atoms with Gasteiger partial charge in [-0.3, -0.25) is 9.69 Å². The van der Waals surface area contributed by atoms with Crippen LogP contribution in [0.25, 0.3) is 23.2 Å². The second-order valence-electron chi connectivity index (χ2n) is 11.3. The predicted molar refractivity (Wildman–Crippen MR) is 185 cm³/mol. The summed E-state index contributed by atoms with van der Waals surface area (Å²) in [7, 11) is 0. The van der Waals surface area contributed by atoms with E-state index in [-0.39, 0.29) is 23.5 Å². The second kappa shape index (κ2) is 14.5. The van der Waals surface area contributed by atoms with Crippen LogP contribution in [0.1, 0.15) is 43.4 Å². The number of halogens is 3. The third-order valence-electron chi connectivity index (χ3n) is 7.18. The first-order valence-electron chi connectivity index (χ1n) is 14.9. The molecule has 47 heavy (non-hydrogen) atoms. The van der Waals surface area contributed by atoms with Crippen molar-refractivity contribution < 1.29 is 22.7 Å². The molecule has 1 N–H and O–H groups in total. The molecule has 8 nitrogen and oxygen atoms in total. The second-order valence-corrected chi connectivity index (χ2v) is 12.7. The van der Waals surface area contributed by atoms with E-state index in [1.165, 1.54) is 47.0 Å². The van der Waals surface area contributed by atoms with Gasteiger partial charge in [0.25, 0.3) is 0 Å². The van der Waals surface area contributed by atoms with Gasteiger partial charge >= 0.3 is 6.36 Å². The third kappa shape index (κ3) is 8.86. The zero-order valence-corrected chi connectivity index (χ0v) is 27.8.